The van der Waals surface area contributed by atoms with Crippen molar-refractivity contribution in [2.75, 3.05) is 12.3 Å². The summed E-state index contributed by atoms with van der Waals surface area (Å²) in [5.74, 6) is -0.846. The number of nitrogens with one attached hydrogen (secondary N) is 1. The topological polar surface area (TPSA) is 75.4 Å². The molecule has 20 heavy (non-hydrogen) atoms. The van der Waals surface area contributed by atoms with E-state index < -0.39 is 11.4 Å². The first-order valence-electron chi connectivity index (χ1n) is 7.06. The Morgan fingerprint density at radius 3 is 2.55 bits per heavy atom. The number of anilines is 1. The Kier molecular flexibility index (Phi) is 4.60. The van der Waals surface area contributed by atoms with Crippen molar-refractivity contribution in [1.29, 1.82) is 0 Å². The summed E-state index contributed by atoms with van der Waals surface area (Å²) < 4.78 is 12.9. The van der Waals surface area contributed by atoms with Gasteiger partial charge in [-0.05, 0) is 31.0 Å². The van der Waals surface area contributed by atoms with E-state index in [1.165, 1.54) is 12.1 Å². The maximum absolute atomic E-state index is 12.9. The molecule has 1 aromatic rings. The Balaban J connectivity index is 1.97. The molecule has 2 rings (SSSR count). The molecule has 1 saturated carbocycles. The molecular weight excluding hydrogens is 259 g/mol. The molecule has 0 heterocycles. The molecule has 0 atom stereocenters. The van der Waals surface area contributed by atoms with Crippen LogP contribution in [-0.2, 0) is 0 Å². The average Bonchev–Trinajstić information content (AvgIpc) is 2.61. The summed E-state index contributed by atoms with van der Waals surface area (Å²) >= 11 is 0. The minimum Gasteiger partial charge on any atom is -0.398 e. The molecule has 1 aliphatic rings. The number of halogens is 1. The summed E-state index contributed by atoms with van der Waals surface area (Å²) in [6.45, 7) is 0.211. The largest absolute Gasteiger partial charge is 0.398 e. The summed E-state index contributed by atoms with van der Waals surface area (Å²) in [5, 5.41) is 13.2. The monoisotopic (exact) mass is 280 g/mol. The van der Waals surface area contributed by atoms with Crippen LogP contribution < -0.4 is 11.1 Å². The van der Waals surface area contributed by atoms with Gasteiger partial charge in [-0.3, -0.25) is 4.79 Å². The van der Waals surface area contributed by atoms with E-state index in [1.807, 2.05) is 0 Å². The highest BCUT2D eigenvalue weighted by atomic mass is 19.1. The first-order chi connectivity index (χ1) is 9.50. The molecule has 0 bridgehead atoms. The molecule has 1 aromatic carbocycles. The van der Waals surface area contributed by atoms with Crippen molar-refractivity contribution in [3.05, 3.63) is 29.6 Å². The molecule has 4 N–H and O–H groups in total. The Hall–Kier alpha value is -1.62. The minimum absolute atomic E-state index is 0.107. The van der Waals surface area contributed by atoms with Crippen LogP contribution in [0, 0.1) is 5.82 Å². The average molecular weight is 280 g/mol. The van der Waals surface area contributed by atoms with E-state index in [4.69, 9.17) is 5.73 Å². The lowest BCUT2D eigenvalue weighted by atomic mass is 9.94. The molecule has 0 spiro atoms. The molecule has 110 valence electrons. The number of amides is 1. The van der Waals surface area contributed by atoms with E-state index in [9.17, 15) is 14.3 Å². The molecule has 0 unspecified atom stereocenters. The van der Waals surface area contributed by atoms with Crippen molar-refractivity contribution in [2.45, 2.75) is 44.1 Å². The smallest absolute Gasteiger partial charge is 0.253 e. The standard InChI is InChI=1S/C15H21FN2O2/c16-11-5-6-12(13(17)9-11)14(19)18-10-15(20)7-3-1-2-4-8-15/h5-6,9,20H,1-4,7-8,10,17H2,(H,18,19). The first kappa shape index (κ1) is 14.8. The van der Waals surface area contributed by atoms with Gasteiger partial charge in [0.25, 0.3) is 5.91 Å². The van der Waals surface area contributed by atoms with Crippen LogP contribution in [0.25, 0.3) is 0 Å². The highest BCUT2D eigenvalue weighted by molar-refractivity contribution is 5.99. The summed E-state index contributed by atoms with van der Waals surface area (Å²) in [7, 11) is 0. The molecule has 0 aliphatic heterocycles. The van der Waals surface area contributed by atoms with Crippen molar-refractivity contribution >= 4 is 11.6 Å². The number of aliphatic hydroxyl groups is 1. The van der Waals surface area contributed by atoms with Crippen molar-refractivity contribution in [3.63, 3.8) is 0 Å². The van der Waals surface area contributed by atoms with Crippen molar-refractivity contribution in [1.82, 2.24) is 5.32 Å². The predicted octanol–water partition coefficient (Wildman–Crippen LogP) is 2.22. The van der Waals surface area contributed by atoms with Crippen LogP contribution in [0.15, 0.2) is 18.2 Å². The Labute approximate surface area is 118 Å². The van der Waals surface area contributed by atoms with Gasteiger partial charge in [0.05, 0.1) is 11.2 Å². The van der Waals surface area contributed by atoms with E-state index in [2.05, 4.69) is 5.32 Å². The summed E-state index contributed by atoms with van der Waals surface area (Å²) in [4.78, 5) is 12.0. The van der Waals surface area contributed by atoms with Gasteiger partial charge in [-0.1, -0.05) is 25.7 Å². The zero-order valence-electron chi connectivity index (χ0n) is 11.5. The molecular formula is C15H21FN2O2. The highest BCUT2D eigenvalue weighted by Gasteiger charge is 2.28. The van der Waals surface area contributed by atoms with Gasteiger partial charge in [0.2, 0.25) is 0 Å². The molecule has 0 radical (unpaired) electrons. The normalized spacial score (nSPS) is 18.3. The number of hydrogen-bond donors (Lipinski definition) is 3. The van der Waals surface area contributed by atoms with E-state index in [0.717, 1.165) is 31.7 Å². The number of carbonyl (C=O) groups is 1. The lowest BCUT2D eigenvalue weighted by Crippen LogP contribution is -2.42. The molecule has 1 fully saturated rings. The number of hydrogen-bond acceptors (Lipinski definition) is 3. The van der Waals surface area contributed by atoms with Crippen LogP contribution in [0.5, 0.6) is 0 Å². The van der Waals surface area contributed by atoms with Gasteiger partial charge in [-0.2, -0.15) is 0 Å². The van der Waals surface area contributed by atoms with Gasteiger partial charge >= 0.3 is 0 Å². The molecule has 0 aromatic heterocycles. The van der Waals surface area contributed by atoms with Crippen molar-refractivity contribution in [2.24, 2.45) is 0 Å². The van der Waals surface area contributed by atoms with Crippen molar-refractivity contribution in [3.8, 4) is 0 Å². The number of nitrogen functional groups attached to an aromatic ring is 1. The van der Waals surface area contributed by atoms with Gasteiger partial charge in [-0.15, -0.1) is 0 Å². The summed E-state index contributed by atoms with van der Waals surface area (Å²) in [5.41, 5.74) is 5.14. The quantitative estimate of drug-likeness (QED) is 0.587. The van der Waals surface area contributed by atoms with Gasteiger partial charge in [0.1, 0.15) is 5.82 Å². The van der Waals surface area contributed by atoms with E-state index >= 15 is 0 Å². The maximum Gasteiger partial charge on any atom is 0.253 e. The van der Waals surface area contributed by atoms with Crippen molar-refractivity contribution < 1.29 is 14.3 Å². The van der Waals surface area contributed by atoms with Gasteiger partial charge in [0, 0.05) is 12.2 Å². The lowest BCUT2D eigenvalue weighted by Gasteiger charge is -2.26. The van der Waals surface area contributed by atoms with Gasteiger partial charge in [0.15, 0.2) is 0 Å². The second-order valence-corrected chi connectivity index (χ2v) is 5.55. The predicted molar refractivity (Wildman–Crippen MR) is 75.8 cm³/mol. The summed E-state index contributed by atoms with van der Waals surface area (Å²) in [6.07, 6.45) is 5.61. The third kappa shape index (κ3) is 3.70. The minimum atomic E-state index is -0.832. The van der Waals surface area contributed by atoms with Crippen LogP contribution in [0.1, 0.15) is 48.9 Å². The zero-order chi connectivity index (χ0) is 14.6. The fourth-order valence-electron chi connectivity index (χ4n) is 2.64. The Morgan fingerprint density at radius 1 is 1.30 bits per heavy atom. The molecule has 1 aliphatic carbocycles. The Bertz CT molecular complexity index is 483. The fraction of sp³-hybridized carbons (Fsp3) is 0.533. The number of carbonyl (C=O) groups excluding carboxylic acids is 1. The third-order valence-electron chi connectivity index (χ3n) is 3.87. The number of rotatable bonds is 3. The van der Waals surface area contributed by atoms with Crippen LogP contribution >= 0.6 is 0 Å². The van der Waals surface area contributed by atoms with E-state index in [-0.39, 0.29) is 23.7 Å². The second kappa shape index (κ2) is 6.22. The van der Waals surface area contributed by atoms with E-state index in [1.54, 1.807) is 0 Å². The lowest BCUT2D eigenvalue weighted by molar-refractivity contribution is 0.0246. The molecule has 0 saturated heterocycles. The Morgan fingerprint density at radius 2 is 1.95 bits per heavy atom. The van der Waals surface area contributed by atoms with Crippen LogP contribution in [0.3, 0.4) is 0 Å². The first-order valence-corrected chi connectivity index (χ1v) is 7.06. The van der Waals surface area contributed by atoms with Gasteiger partial charge < -0.3 is 16.2 Å². The number of benzene rings is 1. The molecule has 4 nitrogen and oxygen atoms in total. The van der Waals surface area contributed by atoms with Gasteiger partial charge in [-0.25, -0.2) is 4.39 Å². The SMILES string of the molecule is Nc1cc(F)ccc1C(=O)NCC1(O)CCCCCC1. The summed E-state index contributed by atoms with van der Waals surface area (Å²) in [6, 6.07) is 3.68. The van der Waals surface area contributed by atoms with Crippen LogP contribution in [-0.4, -0.2) is 23.2 Å². The van der Waals surface area contributed by atoms with E-state index in [0.29, 0.717) is 12.8 Å². The molecule has 1 amide bonds. The maximum atomic E-state index is 12.9. The third-order valence-corrected chi connectivity index (χ3v) is 3.87. The molecule has 5 heteroatoms. The van der Waals surface area contributed by atoms with Crippen LogP contribution in [0.2, 0.25) is 0 Å². The fourth-order valence-corrected chi connectivity index (χ4v) is 2.64. The number of nitrogens with two attached hydrogens (primary N) is 1. The van der Waals surface area contributed by atoms with Crippen LogP contribution in [0.4, 0.5) is 10.1 Å². The zero-order valence-corrected chi connectivity index (χ0v) is 11.5. The second-order valence-electron chi connectivity index (χ2n) is 5.55. The highest BCUT2D eigenvalue weighted by Crippen LogP contribution is 2.26.